The van der Waals surface area contributed by atoms with Gasteiger partial charge in [0.2, 0.25) is 0 Å². The molecule has 1 aromatic rings. The molecule has 1 saturated heterocycles. The Morgan fingerprint density at radius 3 is 2.80 bits per heavy atom. The van der Waals surface area contributed by atoms with Crippen LogP contribution < -0.4 is 0 Å². The van der Waals surface area contributed by atoms with E-state index in [9.17, 15) is 13.2 Å². The van der Waals surface area contributed by atoms with Gasteiger partial charge in [-0.3, -0.25) is 4.79 Å². The number of hydrogen-bond donors (Lipinski definition) is 0. The molecule has 0 aliphatic carbocycles. The first-order valence-electron chi connectivity index (χ1n) is 6.87. The van der Waals surface area contributed by atoms with Crippen LogP contribution in [0.2, 0.25) is 0 Å². The first-order valence-corrected chi connectivity index (χ1v) is 8.70. The molecule has 1 unspecified atom stereocenters. The lowest BCUT2D eigenvalue weighted by atomic mass is 10.1. The number of carbonyl (C=O) groups is 1. The van der Waals surface area contributed by atoms with Crippen LogP contribution in [0.3, 0.4) is 0 Å². The molecule has 1 atom stereocenters. The molecule has 7 heteroatoms. The third kappa shape index (κ3) is 3.39. The predicted molar refractivity (Wildman–Crippen MR) is 74.2 cm³/mol. The fraction of sp³-hybridized carbons (Fsp3) is 0.692. The summed E-state index contributed by atoms with van der Waals surface area (Å²) in [5.74, 6) is 0.547. The molecule has 1 aliphatic rings. The Bertz CT molecular complexity index is 579. The van der Waals surface area contributed by atoms with Gasteiger partial charge in [0.15, 0.2) is 15.5 Å². The van der Waals surface area contributed by atoms with E-state index < -0.39 is 9.84 Å². The van der Waals surface area contributed by atoms with Crippen molar-refractivity contribution in [1.29, 1.82) is 0 Å². The van der Waals surface area contributed by atoms with E-state index in [2.05, 4.69) is 5.16 Å². The summed E-state index contributed by atoms with van der Waals surface area (Å²) < 4.78 is 28.1. The van der Waals surface area contributed by atoms with Crippen LogP contribution in [0.15, 0.2) is 10.6 Å². The van der Waals surface area contributed by atoms with E-state index in [-0.39, 0.29) is 29.1 Å². The van der Waals surface area contributed by atoms with Gasteiger partial charge in [-0.05, 0) is 19.8 Å². The van der Waals surface area contributed by atoms with Gasteiger partial charge in [0.05, 0.1) is 11.5 Å². The van der Waals surface area contributed by atoms with E-state index in [4.69, 9.17) is 4.52 Å². The van der Waals surface area contributed by atoms with Crippen molar-refractivity contribution in [3.05, 3.63) is 17.5 Å². The molecule has 1 fully saturated rings. The third-order valence-corrected chi connectivity index (χ3v) is 5.26. The van der Waals surface area contributed by atoms with Crippen molar-refractivity contribution in [2.45, 2.75) is 39.2 Å². The van der Waals surface area contributed by atoms with Crippen LogP contribution in [0.5, 0.6) is 0 Å². The Morgan fingerprint density at radius 2 is 2.30 bits per heavy atom. The number of hydrogen-bond acceptors (Lipinski definition) is 5. The first kappa shape index (κ1) is 15.0. The number of unbranched alkanes of at least 4 members (excludes halogenated alkanes) is 1. The van der Waals surface area contributed by atoms with Gasteiger partial charge >= 0.3 is 0 Å². The molecule has 112 valence electrons. The van der Waals surface area contributed by atoms with Gasteiger partial charge in [-0.25, -0.2) is 8.42 Å². The van der Waals surface area contributed by atoms with E-state index in [0.717, 1.165) is 12.8 Å². The van der Waals surface area contributed by atoms with Crippen molar-refractivity contribution in [3.63, 3.8) is 0 Å². The lowest BCUT2D eigenvalue weighted by molar-refractivity contribution is 0.0683. The van der Waals surface area contributed by atoms with Crippen molar-refractivity contribution >= 4 is 15.7 Å². The van der Waals surface area contributed by atoms with Crippen molar-refractivity contribution in [2.24, 2.45) is 0 Å². The van der Waals surface area contributed by atoms with Gasteiger partial charge in [0, 0.05) is 18.7 Å². The molecule has 2 heterocycles. The SMILES string of the molecule is CCCCN(C(=O)c1cc(C)on1)C1CCS(=O)(=O)C1. The second-order valence-corrected chi connectivity index (χ2v) is 7.46. The highest BCUT2D eigenvalue weighted by atomic mass is 32.2. The summed E-state index contributed by atoms with van der Waals surface area (Å²) in [5.41, 5.74) is 0.253. The zero-order valence-corrected chi connectivity index (χ0v) is 12.6. The minimum atomic E-state index is -3.01. The maximum Gasteiger partial charge on any atom is 0.276 e. The number of amides is 1. The third-order valence-electron chi connectivity index (χ3n) is 3.51. The van der Waals surface area contributed by atoms with Crippen molar-refractivity contribution in [1.82, 2.24) is 10.1 Å². The molecule has 0 radical (unpaired) electrons. The minimum absolute atomic E-state index is 0.0548. The van der Waals surface area contributed by atoms with E-state index >= 15 is 0 Å². The maximum absolute atomic E-state index is 12.5. The highest BCUT2D eigenvalue weighted by Gasteiger charge is 2.35. The normalized spacial score (nSPS) is 21.0. The van der Waals surface area contributed by atoms with E-state index in [0.29, 0.717) is 18.7 Å². The van der Waals surface area contributed by atoms with Crippen LogP contribution in [0.25, 0.3) is 0 Å². The van der Waals surface area contributed by atoms with Crippen LogP contribution in [-0.2, 0) is 9.84 Å². The molecule has 0 spiro atoms. The Balaban J connectivity index is 2.17. The lowest BCUT2D eigenvalue weighted by Gasteiger charge is -2.27. The van der Waals surface area contributed by atoms with Gasteiger partial charge in [-0.15, -0.1) is 0 Å². The van der Waals surface area contributed by atoms with Crippen LogP contribution in [0, 0.1) is 6.92 Å². The molecule has 2 rings (SSSR count). The van der Waals surface area contributed by atoms with Crippen LogP contribution in [0.4, 0.5) is 0 Å². The Kier molecular flexibility index (Phi) is 4.47. The average Bonchev–Trinajstić information content (AvgIpc) is 2.96. The lowest BCUT2D eigenvalue weighted by Crippen LogP contribution is -2.41. The van der Waals surface area contributed by atoms with Gasteiger partial charge in [0.25, 0.3) is 5.91 Å². The average molecular weight is 300 g/mol. The van der Waals surface area contributed by atoms with Gasteiger partial charge < -0.3 is 9.42 Å². The monoisotopic (exact) mass is 300 g/mol. The van der Waals surface area contributed by atoms with E-state index in [1.54, 1.807) is 17.9 Å². The second-order valence-electron chi connectivity index (χ2n) is 5.23. The van der Waals surface area contributed by atoms with Gasteiger partial charge in [-0.2, -0.15) is 0 Å². The summed E-state index contributed by atoms with van der Waals surface area (Å²) >= 11 is 0. The molecule has 0 N–H and O–H groups in total. The number of carbonyl (C=O) groups excluding carboxylic acids is 1. The summed E-state index contributed by atoms with van der Waals surface area (Å²) in [4.78, 5) is 14.1. The van der Waals surface area contributed by atoms with Crippen molar-refractivity contribution in [3.8, 4) is 0 Å². The van der Waals surface area contributed by atoms with Crippen LogP contribution in [0.1, 0.15) is 42.4 Å². The fourth-order valence-corrected chi connectivity index (χ4v) is 4.14. The first-order chi connectivity index (χ1) is 9.43. The molecule has 1 aliphatic heterocycles. The maximum atomic E-state index is 12.5. The molecule has 1 aromatic heterocycles. The highest BCUT2D eigenvalue weighted by molar-refractivity contribution is 7.91. The summed E-state index contributed by atoms with van der Waals surface area (Å²) in [6.07, 6.45) is 2.30. The summed E-state index contributed by atoms with van der Waals surface area (Å²) in [7, 11) is -3.01. The van der Waals surface area contributed by atoms with Crippen LogP contribution >= 0.6 is 0 Å². The molecular formula is C13H20N2O4S. The predicted octanol–water partition coefficient (Wildman–Crippen LogP) is 1.41. The fourth-order valence-electron chi connectivity index (χ4n) is 2.41. The minimum Gasteiger partial charge on any atom is -0.361 e. The van der Waals surface area contributed by atoms with Crippen LogP contribution in [-0.4, -0.2) is 48.5 Å². The molecule has 0 saturated carbocycles. The Hall–Kier alpha value is -1.37. The molecule has 1 amide bonds. The number of nitrogens with zero attached hydrogens (tertiary/aromatic N) is 2. The topological polar surface area (TPSA) is 80.5 Å². The van der Waals surface area contributed by atoms with Gasteiger partial charge in [0.1, 0.15) is 5.76 Å². The summed E-state index contributed by atoms with van der Waals surface area (Å²) in [5, 5.41) is 3.74. The number of aryl methyl sites for hydroxylation is 1. The Morgan fingerprint density at radius 1 is 1.55 bits per heavy atom. The zero-order valence-electron chi connectivity index (χ0n) is 11.8. The smallest absolute Gasteiger partial charge is 0.276 e. The largest absolute Gasteiger partial charge is 0.361 e. The summed E-state index contributed by atoms with van der Waals surface area (Å²) in [6, 6.07) is 1.35. The second kappa shape index (κ2) is 5.95. The summed E-state index contributed by atoms with van der Waals surface area (Å²) in [6.45, 7) is 4.32. The van der Waals surface area contributed by atoms with E-state index in [1.165, 1.54) is 0 Å². The standard InChI is InChI=1S/C13H20N2O4S/c1-3-4-6-15(11-5-7-20(17,18)9-11)13(16)12-8-10(2)19-14-12/h8,11H,3-7,9H2,1-2H3. The molecule has 0 aromatic carbocycles. The Labute approximate surface area is 119 Å². The highest BCUT2D eigenvalue weighted by Crippen LogP contribution is 2.20. The molecular weight excluding hydrogens is 280 g/mol. The molecule has 0 bridgehead atoms. The van der Waals surface area contributed by atoms with E-state index in [1.807, 2.05) is 6.92 Å². The number of sulfone groups is 1. The number of rotatable bonds is 5. The quantitative estimate of drug-likeness (QED) is 0.821. The van der Waals surface area contributed by atoms with Crippen molar-refractivity contribution < 1.29 is 17.7 Å². The molecule has 20 heavy (non-hydrogen) atoms. The molecule has 6 nitrogen and oxygen atoms in total. The van der Waals surface area contributed by atoms with Crippen molar-refractivity contribution in [2.75, 3.05) is 18.1 Å². The number of aromatic nitrogens is 1. The van der Waals surface area contributed by atoms with Gasteiger partial charge in [-0.1, -0.05) is 18.5 Å². The zero-order chi connectivity index (χ0) is 14.8.